The molecule has 0 aliphatic carbocycles. The van der Waals surface area contributed by atoms with Crippen molar-refractivity contribution in [1.82, 2.24) is 5.32 Å². The number of hydrogen-bond acceptors (Lipinski definition) is 3. The Morgan fingerprint density at radius 2 is 1.75 bits per heavy atom. The lowest BCUT2D eigenvalue weighted by Crippen LogP contribution is -2.36. The molecule has 1 aromatic carbocycles. The molecule has 0 heterocycles. The zero-order valence-corrected chi connectivity index (χ0v) is 13.5. The minimum Gasteiger partial charge on any atom is -0.493 e. The molecule has 0 bridgehead atoms. The third kappa shape index (κ3) is 5.04. The quantitative estimate of drug-likeness (QED) is 0.747. The van der Waals surface area contributed by atoms with Crippen LogP contribution in [0, 0.1) is 11.8 Å². The Morgan fingerprint density at radius 1 is 1.10 bits per heavy atom. The summed E-state index contributed by atoms with van der Waals surface area (Å²) >= 11 is 0. The van der Waals surface area contributed by atoms with E-state index < -0.39 is 0 Å². The van der Waals surface area contributed by atoms with Crippen molar-refractivity contribution in [3.63, 3.8) is 0 Å². The SMILES string of the molecule is CCNC(C)C(CCOc1ccccc1OC)C(C)C. The van der Waals surface area contributed by atoms with Crippen molar-refractivity contribution in [2.24, 2.45) is 11.8 Å². The number of methoxy groups -OCH3 is 1. The second kappa shape index (κ2) is 8.85. The summed E-state index contributed by atoms with van der Waals surface area (Å²) in [7, 11) is 1.67. The van der Waals surface area contributed by atoms with Crippen LogP contribution in [0.25, 0.3) is 0 Å². The lowest BCUT2D eigenvalue weighted by Gasteiger charge is -2.28. The number of benzene rings is 1. The number of rotatable bonds is 9. The molecule has 1 rings (SSSR count). The Bertz CT molecular complexity index is 379. The van der Waals surface area contributed by atoms with E-state index in [0.717, 1.165) is 31.1 Å². The molecular weight excluding hydrogens is 250 g/mol. The van der Waals surface area contributed by atoms with Gasteiger partial charge in [0.05, 0.1) is 13.7 Å². The highest BCUT2D eigenvalue weighted by Crippen LogP contribution is 2.27. The monoisotopic (exact) mass is 279 g/mol. The van der Waals surface area contributed by atoms with Crippen LogP contribution in [0.1, 0.15) is 34.1 Å². The molecule has 0 aliphatic heterocycles. The van der Waals surface area contributed by atoms with Crippen LogP contribution in [-0.2, 0) is 0 Å². The van der Waals surface area contributed by atoms with Crippen LogP contribution in [0.5, 0.6) is 11.5 Å². The third-order valence-electron chi connectivity index (χ3n) is 3.80. The van der Waals surface area contributed by atoms with E-state index >= 15 is 0 Å². The fourth-order valence-corrected chi connectivity index (χ4v) is 2.68. The van der Waals surface area contributed by atoms with Crippen LogP contribution < -0.4 is 14.8 Å². The van der Waals surface area contributed by atoms with Crippen LogP contribution in [0.3, 0.4) is 0 Å². The number of hydrogen-bond donors (Lipinski definition) is 1. The predicted molar refractivity (Wildman–Crippen MR) is 84.6 cm³/mol. The molecule has 0 aromatic heterocycles. The summed E-state index contributed by atoms with van der Waals surface area (Å²) in [6, 6.07) is 8.32. The van der Waals surface area contributed by atoms with Gasteiger partial charge in [-0.05, 0) is 43.9 Å². The molecular formula is C17H29NO2. The van der Waals surface area contributed by atoms with Gasteiger partial charge >= 0.3 is 0 Å². The Kier molecular flexibility index (Phi) is 7.45. The van der Waals surface area contributed by atoms with E-state index in [4.69, 9.17) is 9.47 Å². The third-order valence-corrected chi connectivity index (χ3v) is 3.80. The minimum atomic E-state index is 0.515. The largest absolute Gasteiger partial charge is 0.493 e. The number of ether oxygens (including phenoxy) is 2. The molecule has 0 saturated heterocycles. The van der Waals surface area contributed by atoms with Crippen molar-refractivity contribution in [3.8, 4) is 11.5 Å². The van der Waals surface area contributed by atoms with Crippen LogP contribution in [0.2, 0.25) is 0 Å². The van der Waals surface area contributed by atoms with E-state index in [0.29, 0.717) is 17.9 Å². The van der Waals surface area contributed by atoms with Crippen molar-refractivity contribution >= 4 is 0 Å². The highest BCUT2D eigenvalue weighted by Gasteiger charge is 2.20. The second-order valence-corrected chi connectivity index (χ2v) is 5.54. The molecule has 0 fully saturated rings. The summed E-state index contributed by atoms with van der Waals surface area (Å²) in [5.74, 6) is 2.89. The molecule has 2 unspecified atom stereocenters. The average Bonchev–Trinajstić information content (AvgIpc) is 2.43. The van der Waals surface area contributed by atoms with Crippen LogP contribution >= 0.6 is 0 Å². The highest BCUT2D eigenvalue weighted by atomic mass is 16.5. The van der Waals surface area contributed by atoms with Gasteiger partial charge in [-0.2, -0.15) is 0 Å². The number of para-hydroxylation sites is 2. The fraction of sp³-hybridized carbons (Fsp3) is 0.647. The topological polar surface area (TPSA) is 30.5 Å². The van der Waals surface area contributed by atoms with Gasteiger partial charge in [0.15, 0.2) is 11.5 Å². The molecule has 0 spiro atoms. The molecule has 3 nitrogen and oxygen atoms in total. The standard InChI is InChI=1S/C17H29NO2/c1-6-18-14(4)15(13(2)3)11-12-20-17-10-8-7-9-16(17)19-5/h7-10,13-15,18H,6,11-12H2,1-5H3. The predicted octanol–water partition coefficient (Wildman–Crippen LogP) is 3.73. The van der Waals surface area contributed by atoms with Crippen molar-refractivity contribution in [3.05, 3.63) is 24.3 Å². The Labute approximate surface area is 123 Å². The van der Waals surface area contributed by atoms with Crippen LogP contribution in [0.4, 0.5) is 0 Å². The van der Waals surface area contributed by atoms with Gasteiger partial charge in [0, 0.05) is 6.04 Å². The maximum Gasteiger partial charge on any atom is 0.161 e. The normalized spacial score (nSPS) is 14.1. The zero-order valence-electron chi connectivity index (χ0n) is 13.5. The van der Waals surface area contributed by atoms with Gasteiger partial charge in [-0.25, -0.2) is 0 Å². The molecule has 20 heavy (non-hydrogen) atoms. The Hall–Kier alpha value is -1.22. The summed E-state index contributed by atoms with van der Waals surface area (Å²) in [6.45, 7) is 10.7. The highest BCUT2D eigenvalue weighted by molar-refractivity contribution is 5.39. The van der Waals surface area contributed by atoms with E-state index in [-0.39, 0.29) is 0 Å². The van der Waals surface area contributed by atoms with E-state index in [1.54, 1.807) is 7.11 Å². The molecule has 1 N–H and O–H groups in total. The molecule has 114 valence electrons. The Morgan fingerprint density at radius 3 is 2.30 bits per heavy atom. The van der Waals surface area contributed by atoms with Gasteiger partial charge in [0.1, 0.15) is 0 Å². The lowest BCUT2D eigenvalue weighted by atomic mass is 9.86. The van der Waals surface area contributed by atoms with Gasteiger partial charge in [-0.3, -0.25) is 0 Å². The van der Waals surface area contributed by atoms with Gasteiger partial charge in [0.2, 0.25) is 0 Å². The molecule has 0 radical (unpaired) electrons. The van der Waals surface area contributed by atoms with Gasteiger partial charge < -0.3 is 14.8 Å². The first kappa shape index (κ1) is 16.8. The zero-order chi connectivity index (χ0) is 15.0. The maximum atomic E-state index is 5.88. The Balaban J connectivity index is 2.52. The van der Waals surface area contributed by atoms with Crippen molar-refractivity contribution in [1.29, 1.82) is 0 Å². The fourth-order valence-electron chi connectivity index (χ4n) is 2.68. The van der Waals surface area contributed by atoms with Gasteiger partial charge in [-0.15, -0.1) is 0 Å². The smallest absolute Gasteiger partial charge is 0.161 e. The minimum absolute atomic E-state index is 0.515. The lowest BCUT2D eigenvalue weighted by molar-refractivity contribution is 0.209. The van der Waals surface area contributed by atoms with E-state index in [2.05, 4.69) is 33.0 Å². The summed E-state index contributed by atoms with van der Waals surface area (Å²) in [4.78, 5) is 0. The molecule has 0 saturated carbocycles. The van der Waals surface area contributed by atoms with E-state index in [1.807, 2.05) is 24.3 Å². The number of nitrogens with one attached hydrogen (secondary N) is 1. The molecule has 1 aromatic rings. The first-order valence-corrected chi connectivity index (χ1v) is 7.59. The molecule has 3 heteroatoms. The second-order valence-electron chi connectivity index (χ2n) is 5.54. The van der Waals surface area contributed by atoms with E-state index in [1.165, 1.54) is 0 Å². The first-order chi connectivity index (χ1) is 9.60. The van der Waals surface area contributed by atoms with Crippen molar-refractivity contribution in [2.45, 2.75) is 40.2 Å². The van der Waals surface area contributed by atoms with Gasteiger partial charge in [-0.1, -0.05) is 32.9 Å². The maximum absolute atomic E-state index is 5.88. The average molecular weight is 279 g/mol. The van der Waals surface area contributed by atoms with E-state index in [9.17, 15) is 0 Å². The summed E-state index contributed by atoms with van der Waals surface area (Å²) in [5.41, 5.74) is 0. The summed E-state index contributed by atoms with van der Waals surface area (Å²) < 4.78 is 11.2. The van der Waals surface area contributed by atoms with Crippen molar-refractivity contribution in [2.75, 3.05) is 20.3 Å². The molecule has 0 aliphatic rings. The summed E-state index contributed by atoms with van der Waals surface area (Å²) in [6.07, 6.45) is 1.05. The summed E-state index contributed by atoms with van der Waals surface area (Å²) in [5, 5.41) is 3.52. The first-order valence-electron chi connectivity index (χ1n) is 7.59. The van der Waals surface area contributed by atoms with Crippen LogP contribution in [0.15, 0.2) is 24.3 Å². The van der Waals surface area contributed by atoms with Crippen molar-refractivity contribution < 1.29 is 9.47 Å². The molecule has 0 amide bonds. The van der Waals surface area contributed by atoms with Crippen LogP contribution in [-0.4, -0.2) is 26.3 Å². The molecule has 2 atom stereocenters. The van der Waals surface area contributed by atoms with Gasteiger partial charge in [0.25, 0.3) is 0 Å².